The fourth-order valence-electron chi connectivity index (χ4n) is 4.98. The molecule has 0 saturated carbocycles. The average molecular weight is 632 g/mol. The molecule has 0 aliphatic heterocycles. The number of nitrogens with one attached hydrogen (secondary N) is 1. The van der Waals surface area contributed by atoms with E-state index in [1.54, 1.807) is 25.1 Å². The van der Waals surface area contributed by atoms with E-state index in [-0.39, 0.29) is 23.8 Å². The third-order valence-corrected chi connectivity index (χ3v) is 9.51. The van der Waals surface area contributed by atoms with Crippen molar-refractivity contribution < 1.29 is 18.0 Å². The Hall–Kier alpha value is -4.14. The van der Waals surface area contributed by atoms with Crippen LogP contribution in [0.1, 0.15) is 35.6 Å². The quantitative estimate of drug-likeness (QED) is 0.187. The van der Waals surface area contributed by atoms with Crippen LogP contribution in [0.2, 0.25) is 5.02 Å². The molecule has 0 unspecified atom stereocenters. The molecular formula is C35H38ClN3O4S. The lowest BCUT2D eigenvalue weighted by molar-refractivity contribution is -0.140. The summed E-state index contributed by atoms with van der Waals surface area (Å²) in [5.41, 5.74) is 3.77. The summed E-state index contributed by atoms with van der Waals surface area (Å²) in [4.78, 5) is 29.8. The van der Waals surface area contributed by atoms with Gasteiger partial charge in [-0.1, -0.05) is 91.3 Å². The summed E-state index contributed by atoms with van der Waals surface area (Å²) in [6.45, 7) is 5.79. The van der Waals surface area contributed by atoms with E-state index in [1.807, 2.05) is 74.5 Å². The van der Waals surface area contributed by atoms with Gasteiger partial charge in [0.25, 0.3) is 10.0 Å². The zero-order valence-electron chi connectivity index (χ0n) is 25.2. The first-order valence-electron chi connectivity index (χ1n) is 14.6. The number of carbonyl (C=O) groups is 2. The first kappa shape index (κ1) is 32.8. The minimum atomic E-state index is -4.20. The number of sulfonamides is 1. The number of halogens is 1. The SMILES string of the molecule is CCCNC(=O)[C@H](Cc1ccccc1)N(Cc1ccccc1C)C(=O)CN(c1ccccc1C)S(=O)(=O)c1ccc(Cl)cc1. The number of amides is 2. The molecule has 4 aromatic rings. The maximum Gasteiger partial charge on any atom is 0.264 e. The van der Waals surface area contributed by atoms with Gasteiger partial charge in [0, 0.05) is 24.5 Å². The minimum Gasteiger partial charge on any atom is -0.354 e. The van der Waals surface area contributed by atoms with E-state index in [0.717, 1.165) is 27.4 Å². The number of aryl methyl sites for hydroxylation is 2. The standard InChI is InChI=1S/C35H38ClN3O4S/c1-4-22-37-35(41)33(23-28-14-6-5-7-15-28)38(24-29-16-10-8-12-26(29)2)34(40)25-39(32-17-11-9-13-27(32)3)44(42,43)31-20-18-30(36)19-21-31/h5-21,33H,4,22-25H2,1-3H3,(H,37,41)/t33-/m0/s1. The molecule has 1 atom stereocenters. The van der Waals surface area contributed by atoms with Crippen LogP contribution in [0.4, 0.5) is 5.69 Å². The number of hydrogen-bond acceptors (Lipinski definition) is 4. The van der Waals surface area contributed by atoms with E-state index in [1.165, 1.54) is 29.2 Å². The molecule has 230 valence electrons. The molecule has 4 aromatic carbocycles. The highest BCUT2D eigenvalue weighted by atomic mass is 35.5. The monoisotopic (exact) mass is 631 g/mol. The van der Waals surface area contributed by atoms with E-state index in [4.69, 9.17) is 11.6 Å². The van der Waals surface area contributed by atoms with Gasteiger partial charge >= 0.3 is 0 Å². The van der Waals surface area contributed by atoms with Crippen LogP contribution in [0.3, 0.4) is 0 Å². The Morgan fingerprint density at radius 1 is 0.818 bits per heavy atom. The molecule has 0 bridgehead atoms. The number of para-hydroxylation sites is 1. The van der Waals surface area contributed by atoms with E-state index in [0.29, 0.717) is 22.8 Å². The molecule has 0 spiro atoms. The second-order valence-electron chi connectivity index (χ2n) is 10.7. The third kappa shape index (κ3) is 8.07. The van der Waals surface area contributed by atoms with E-state index in [2.05, 4.69) is 5.32 Å². The van der Waals surface area contributed by atoms with Crippen LogP contribution >= 0.6 is 11.6 Å². The van der Waals surface area contributed by atoms with Crippen LogP contribution in [0.5, 0.6) is 0 Å². The van der Waals surface area contributed by atoms with Gasteiger partial charge in [-0.3, -0.25) is 13.9 Å². The van der Waals surface area contributed by atoms with Crippen molar-refractivity contribution in [1.29, 1.82) is 0 Å². The molecule has 0 aliphatic rings. The second kappa shape index (κ2) is 15.0. The summed E-state index contributed by atoms with van der Waals surface area (Å²) < 4.78 is 29.4. The first-order valence-corrected chi connectivity index (χ1v) is 16.4. The van der Waals surface area contributed by atoms with Crippen molar-refractivity contribution in [3.63, 3.8) is 0 Å². The first-order chi connectivity index (χ1) is 21.1. The fourth-order valence-corrected chi connectivity index (χ4v) is 6.59. The molecule has 7 nitrogen and oxygen atoms in total. The highest BCUT2D eigenvalue weighted by Crippen LogP contribution is 2.28. The normalized spacial score (nSPS) is 11.9. The number of hydrogen-bond donors (Lipinski definition) is 1. The number of carbonyl (C=O) groups excluding carboxylic acids is 2. The molecule has 1 N–H and O–H groups in total. The lowest BCUT2D eigenvalue weighted by atomic mass is 10.0. The zero-order valence-corrected chi connectivity index (χ0v) is 26.8. The smallest absolute Gasteiger partial charge is 0.264 e. The number of rotatable bonds is 13. The van der Waals surface area contributed by atoms with E-state index >= 15 is 0 Å². The molecule has 2 amide bonds. The maximum absolute atomic E-state index is 14.5. The Kier molecular flexibility index (Phi) is 11.2. The van der Waals surface area contributed by atoms with Gasteiger partial charge in [0.15, 0.2) is 0 Å². The second-order valence-corrected chi connectivity index (χ2v) is 13.0. The molecule has 0 saturated heterocycles. The van der Waals surface area contributed by atoms with Crippen LogP contribution in [0.15, 0.2) is 108 Å². The van der Waals surface area contributed by atoms with E-state index in [9.17, 15) is 18.0 Å². The summed E-state index contributed by atoms with van der Waals surface area (Å²) in [6, 6.07) is 29.2. The summed E-state index contributed by atoms with van der Waals surface area (Å²) in [6.07, 6.45) is 0.998. The Morgan fingerprint density at radius 2 is 1.43 bits per heavy atom. The summed E-state index contributed by atoms with van der Waals surface area (Å²) in [7, 11) is -4.20. The molecule has 0 aliphatic carbocycles. The summed E-state index contributed by atoms with van der Waals surface area (Å²) in [5.74, 6) is -0.790. The highest BCUT2D eigenvalue weighted by Gasteiger charge is 2.35. The number of anilines is 1. The van der Waals surface area contributed by atoms with Gasteiger partial charge in [0.1, 0.15) is 12.6 Å². The van der Waals surface area contributed by atoms with Crippen molar-refractivity contribution in [1.82, 2.24) is 10.2 Å². The highest BCUT2D eigenvalue weighted by molar-refractivity contribution is 7.92. The van der Waals surface area contributed by atoms with Gasteiger partial charge in [0.2, 0.25) is 11.8 Å². The van der Waals surface area contributed by atoms with Crippen LogP contribution < -0.4 is 9.62 Å². The van der Waals surface area contributed by atoms with Crippen LogP contribution in [0, 0.1) is 13.8 Å². The minimum absolute atomic E-state index is 0.00457. The fraction of sp³-hybridized carbons (Fsp3) is 0.257. The molecule has 0 heterocycles. The average Bonchev–Trinajstić information content (AvgIpc) is 3.02. The Morgan fingerprint density at radius 3 is 2.07 bits per heavy atom. The zero-order chi connectivity index (χ0) is 31.7. The Labute approximate surface area is 265 Å². The van der Waals surface area contributed by atoms with Gasteiger partial charge in [-0.05, 0) is 72.9 Å². The number of benzene rings is 4. The molecule has 0 aromatic heterocycles. The van der Waals surface area contributed by atoms with E-state index < -0.39 is 28.5 Å². The third-order valence-electron chi connectivity index (χ3n) is 7.49. The molecule has 44 heavy (non-hydrogen) atoms. The van der Waals surface area contributed by atoms with Gasteiger partial charge in [-0.15, -0.1) is 0 Å². The van der Waals surface area contributed by atoms with Crippen molar-refractivity contribution in [2.24, 2.45) is 0 Å². The lowest BCUT2D eigenvalue weighted by Crippen LogP contribution is -2.53. The van der Waals surface area contributed by atoms with Crippen LogP contribution in [-0.2, 0) is 32.6 Å². The molecule has 9 heteroatoms. The van der Waals surface area contributed by atoms with Gasteiger partial charge < -0.3 is 10.2 Å². The lowest BCUT2D eigenvalue weighted by Gasteiger charge is -2.34. The van der Waals surface area contributed by atoms with Gasteiger partial charge in [-0.25, -0.2) is 8.42 Å². The Balaban J connectivity index is 1.81. The summed E-state index contributed by atoms with van der Waals surface area (Å²) in [5, 5.41) is 3.36. The molecule has 0 fully saturated rings. The molecule has 4 rings (SSSR count). The maximum atomic E-state index is 14.5. The topological polar surface area (TPSA) is 86.8 Å². The number of nitrogens with zero attached hydrogens (tertiary/aromatic N) is 2. The van der Waals surface area contributed by atoms with Crippen molar-refractivity contribution in [3.05, 3.63) is 130 Å². The van der Waals surface area contributed by atoms with Crippen LogP contribution in [0.25, 0.3) is 0 Å². The Bertz CT molecular complexity index is 1680. The predicted molar refractivity (Wildman–Crippen MR) is 176 cm³/mol. The van der Waals surface area contributed by atoms with Crippen molar-refractivity contribution in [3.8, 4) is 0 Å². The van der Waals surface area contributed by atoms with Crippen molar-refractivity contribution >= 4 is 39.1 Å². The predicted octanol–water partition coefficient (Wildman–Crippen LogP) is 6.32. The van der Waals surface area contributed by atoms with Crippen molar-refractivity contribution in [2.75, 3.05) is 17.4 Å². The van der Waals surface area contributed by atoms with Crippen molar-refractivity contribution in [2.45, 2.75) is 51.1 Å². The summed E-state index contributed by atoms with van der Waals surface area (Å²) >= 11 is 6.06. The van der Waals surface area contributed by atoms with Crippen LogP contribution in [-0.4, -0.2) is 44.3 Å². The van der Waals surface area contributed by atoms with Gasteiger partial charge in [0.05, 0.1) is 10.6 Å². The van der Waals surface area contributed by atoms with Gasteiger partial charge in [-0.2, -0.15) is 0 Å². The largest absolute Gasteiger partial charge is 0.354 e. The molecule has 0 radical (unpaired) electrons. The molecular weight excluding hydrogens is 594 g/mol.